The van der Waals surface area contributed by atoms with Gasteiger partial charge in [0, 0.05) is 13.1 Å². The van der Waals surface area contributed by atoms with Gasteiger partial charge in [0.25, 0.3) is 5.91 Å². The number of carbonyl (C=O) groups is 2. The number of thiophene rings is 1. The van der Waals surface area contributed by atoms with Crippen molar-refractivity contribution in [3.8, 4) is 0 Å². The molecule has 0 bridgehead atoms. The summed E-state index contributed by atoms with van der Waals surface area (Å²) in [6, 6.07) is 3.65. The first-order valence-corrected chi connectivity index (χ1v) is 6.60. The summed E-state index contributed by atoms with van der Waals surface area (Å²) in [7, 11) is 1.35. The van der Waals surface area contributed by atoms with Crippen LogP contribution in [0.15, 0.2) is 17.5 Å². The van der Waals surface area contributed by atoms with E-state index in [1.165, 1.54) is 18.4 Å². The molecule has 98 valence electrons. The Balaban J connectivity index is 1.94. The van der Waals surface area contributed by atoms with Gasteiger partial charge in [0.1, 0.15) is 0 Å². The van der Waals surface area contributed by atoms with E-state index >= 15 is 0 Å². The van der Waals surface area contributed by atoms with E-state index < -0.39 is 0 Å². The summed E-state index contributed by atoms with van der Waals surface area (Å²) in [5, 5.41) is 1.87. The molecule has 18 heavy (non-hydrogen) atoms. The molecule has 1 aromatic heterocycles. The number of rotatable bonds is 3. The molecule has 0 saturated carbocycles. The van der Waals surface area contributed by atoms with Crippen LogP contribution in [0.1, 0.15) is 16.1 Å². The van der Waals surface area contributed by atoms with Crippen LogP contribution >= 0.6 is 11.3 Å². The summed E-state index contributed by atoms with van der Waals surface area (Å²) in [5.41, 5.74) is 0. The van der Waals surface area contributed by atoms with Crippen molar-refractivity contribution in [2.45, 2.75) is 12.5 Å². The fourth-order valence-electron chi connectivity index (χ4n) is 1.85. The predicted molar refractivity (Wildman–Crippen MR) is 66.6 cm³/mol. The zero-order valence-corrected chi connectivity index (χ0v) is 10.9. The third-order valence-electron chi connectivity index (χ3n) is 2.78. The number of hydrogen-bond acceptors (Lipinski definition) is 5. The molecule has 1 saturated heterocycles. The van der Waals surface area contributed by atoms with Crippen LogP contribution in [0.25, 0.3) is 0 Å². The lowest BCUT2D eigenvalue weighted by atomic mass is 10.2. The third-order valence-corrected chi connectivity index (χ3v) is 3.64. The summed E-state index contributed by atoms with van der Waals surface area (Å²) in [6.45, 7) is 1.46. The van der Waals surface area contributed by atoms with Gasteiger partial charge in [-0.2, -0.15) is 0 Å². The van der Waals surface area contributed by atoms with Gasteiger partial charge in [0.15, 0.2) is 0 Å². The molecular weight excluding hydrogens is 254 g/mol. The largest absolute Gasteiger partial charge is 0.469 e. The molecule has 1 unspecified atom stereocenters. The van der Waals surface area contributed by atoms with Crippen LogP contribution in [-0.2, 0) is 14.3 Å². The minimum absolute atomic E-state index is 0.00293. The highest BCUT2D eigenvalue weighted by Gasteiger charge is 2.27. The Labute approximate surface area is 109 Å². The van der Waals surface area contributed by atoms with Crippen molar-refractivity contribution in [3.05, 3.63) is 22.4 Å². The summed E-state index contributed by atoms with van der Waals surface area (Å²) in [6.07, 6.45) is -0.0832. The number of hydrogen-bond donors (Lipinski definition) is 0. The molecule has 1 aliphatic rings. The fraction of sp³-hybridized carbons (Fsp3) is 0.500. The topological polar surface area (TPSA) is 55.8 Å². The molecule has 2 rings (SSSR count). The average Bonchev–Trinajstić information content (AvgIpc) is 2.92. The molecule has 1 amide bonds. The number of nitrogens with zero attached hydrogens (tertiary/aromatic N) is 1. The highest BCUT2D eigenvalue weighted by molar-refractivity contribution is 7.12. The summed E-state index contributed by atoms with van der Waals surface area (Å²) in [5.74, 6) is -0.311. The Morgan fingerprint density at radius 2 is 2.44 bits per heavy atom. The van der Waals surface area contributed by atoms with Crippen LogP contribution in [0.2, 0.25) is 0 Å². The number of morpholine rings is 1. The number of ether oxygens (including phenoxy) is 2. The first-order chi connectivity index (χ1) is 8.70. The maximum absolute atomic E-state index is 12.1. The van der Waals surface area contributed by atoms with Crippen molar-refractivity contribution in [2.24, 2.45) is 0 Å². The van der Waals surface area contributed by atoms with E-state index in [1.54, 1.807) is 11.0 Å². The van der Waals surface area contributed by atoms with E-state index in [-0.39, 0.29) is 24.4 Å². The van der Waals surface area contributed by atoms with E-state index in [4.69, 9.17) is 4.74 Å². The van der Waals surface area contributed by atoms with Crippen LogP contribution in [0, 0.1) is 0 Å². The molecule has 0 radical (unpaired) electrons. The van der Waals surface area contributed by atoms with Crippen molar-refractivity contribution >= 4 is 23.2 Å². The fourth-order valence-corrected chi connectivity index (χ4v) is 2.54. The summed E-state index contributed by atoms with van der Waals surface area (Å²) < 4.78 is 10.1. The monoisotopic (exact) mass is 269 g/mol. The lowest BCUT2D eigenvalue weighted by Gasteiger charge is -2.32. The number of methoxy groups -OCH3 is 1. The van der Waals surface area contributed by atoms with Crippen LogP contribution in [0.3, 0.4) is 0 Å². The van der Waals surface area contributed by atoms with Gasteiger partial charge in [-0.15, -0.1) is 11.3 Å². The molecule has 2 heterocycles. The van der Waals surface area contributed by atoms with Crippen molar-refractivity contribution in [2.75, 3.05) is 26.8 Å². The highest BCUT2D eigenvalue weighted by Crippen LogP contribution is 2.16. The first-order valence-electron chi connectivity index (χ1n) is 5.72. The molecule has 0 aliphatic carbocycles. The first kappa shape index (κ1) is 13.0. The molecular formula is C12H15NO4S. The minimum Gasteiger partial charge on any atom is -0.469 e. The van der Waals surface area contributed by atoms with E-state index in [9.17, 15) is 9.59 Å². The predicted octanol–water partition coefficient (Wildman–Crippen LogP) is 1.15. The second kappa shape index (κ2) is 5.97. The Morgan fingerprint density at radius 3 is 3.11 bits per heavy atom. The quantitative estimate of drug-likeness (QED) is 0.772. The van der Waals surface area contributed by atoms with Gasteiger partial charge in [0.05, 0.1) is 31.1 Å². The van der Waals surface area contributed by atoms with Gasteiger partial charge in [-0.1, -0.05) is 6.07 Å². The van der Waals surface area contributed by atoms with Crippen molar-refractivity contribution in [1.82, 2.24) is 4.90 Å². The lowest BCUT2D eigenvalue weighted by molar-refractivity contribution is -0.145. The maximum atomic E-state index is 12.1. The maximum Gasteiger partial charge on any atom is 0.308 e. The second-order valence-electron chi connectivity index (χ2n) is 4.00. The Kier molecular flexibility index (Phi) is 4.33. The second-order valence-corrected chi connectivity index (χ2v) is 4.95. The molecule has 1 aromatic rings. The van der Waals surface area contributed by atoms with E-state index in [0.29, 0.717) is 24.6 Å². The van der Waals surface area contributed by atoms with E-state index in [1.807, 2.05) is 11.4 Å². The lowest BCUT2D eigenvalue weighted by Crippen LogP contribution is -2.46. The van der Waals surface area contributed by atoms with E-state index in [2.05, 4.69) is 4.74 Å². The van der Waals surface area contributed by atoms with Gasteiger partial charge < -0.3 is 14.4 Å². The van der Waals surface area contributed by atoms with E-state index in [0.717, 1.165) is 0 Å². The van der Waals surface area contributed by atoms with Crippen molar-refractivity contribution in [1.29, 1.82) is 0 Å². The zero-order chi connectivity index (χ0) is 13.0. The SMILES string of the molecule is COC(=O)CC1CN(C(=O)c2cccs2)CCO1. The van der Waals surface area contributed by atoms with Gasteiger partial charge >= 0.3 is 5.97 Å². The summed E-state index contributed by atoms with van der Waals surface area (Å²) in [4.78, 5) is 25.7. The Hall–Kier alpha value is -1.40. The van der Waals surface area contributed by atoms with Gasteiger partial charge in [-0.05, 0) is 11.4 Å². The molecule has 6 heteroatoms. The molecule has 0 aromatic carbocycles. The molecule has 0 N–H and O–H groups in total. The standard InChI is InChI=1S/C12H15NO4S/c1-16-11(14)7-9-8-13(4-5-17-9)12(15)10-3-2-6-18-10/h2-3,6,9H,4-5,7-8H2,1H3. The molecule has 1 atom stereocenters. The molecule has 0 spiro atoms. The Bertz CT molecular complexity index is 418. The average molecular weight is 269 g/mol. The van der Waals surface area contributed by atoms with Crippen LogP contribution < -0.4 is 0 Å². The van der Waals surface area contributed by atoms with Crippen LogP contribution in [0.5, 0.6) is 0 Å². The molecule has 1 aliphatic heterocycles. The minimum atomic E-state index is -0.314. The highest BCUT2D eigenvalue weighted by atomic mass is 32.1. The van der Waals surface area contributed by atoms with Crippen LogP contribution in [0.4, 0.5) is 0 Å². The normalized spacial score (nSPS) is 19.6. The van der Waals surface area contributed by atoms with Gasteiger partial charge in [-0.25, -0.2) is 0 Å². The van der Waals surface area contributed by atoms with Crippen molar-refractivity contribution in [3.63, 3.8) is 0 Å². The van der Waals surface area contributed by atoms with Gasteiger partial charge in [0.2, 0.25) is 0 Å². The third kappa shape index (κ3) is 3.08. The molecule has 5 nitrogen and oxygen atoms in total. The Morgan fingerprint density at radius 1 is 1.61 bits per heavy atom. The smallest absolute Gasteiger partial charge is 0.308 e. The zero-order valence-electron chi connectivity index (χ0n) is 10.1. The number of amides is 1. The van der Waals surface area contributed by atoms with Crippen molar-refractivity contribution < 1.29 is 19.1 Å². The number of carbonyl (C=O) groups excluding carboxylic acids is 2. The summed E-state index contributed by atoms with van der Waals surface area (Å²) >= 11 is 1.42. The van der Waals surface area contributed by atoms with Crippen LogP contribution in [-0.4, -0.2) is 49.7 Å². The van der Waals surface area contributed by atoms with Gasteiger partial charge in [-0.3, -0.25) is 9.59 Å². The molecule has 1 fully saturated rings. The number of esters is 1.